The highest BCUT2D eigenvalue weighted by molar-refractivity contribution is 6.31. The molecular weight excluding hydrogens is 412 g/mol. The Kier molecular flexibility index (Phi) is 4.90. The largest absolute Gasteiger partial charge is 0.367 e. The molecule has 1 aliphatic heterocycles. The maximum Gasteiger partial charge on any atom is 0.228 e. The lowest BCUT2D eigenvalue weighted by molar-refractivity contribution is -0.118. The summed E-state index contributed by atoms with van der Waals surface area (Å²) in [5.41, 5.74) is 5.20. The van der Waals surface area contributed by atoms with E-state index in [2.05, 4.69) is 27.6 Å². The predicted molar refractivity (Wildman–Crippen MR) is 123 cm³/mol. The minimum Gasteiger partial charge on any atom is -0.367 e. The third-order valence-electron chi connectivity index (χ3n) is 5.59. The van der Waals surface area contributed by atoms with E-state index in [-0.39, 0.29) is 5.91 Å². The number of halogens is 1. The lowest BCUT2D eigenvalue weighted by Crippen LogP contribution is -2.10. The van der Waals surface area contributed by atoms with Crippen molar-refractivity contribution in [2.75, 3.05) is 10.6 Å². The lowest BCUT2D eigenvalue weighted by Gasteiger charge is -2.13. The average Bonchev–Trinajstić information content (AvgIpc) is 3.36. The Morgan fingerprint density at radius 3 is 2.94 bits per heavy atom. The number of nitrogens with one attached hydrogen (secondary N) is 3. The van der Waals surface area contributed by atoms with Crippen molar-refractivity contribution in [2.45, 2.75) is 38.8 Å². The van der Waals surface area contributed by atoms with Crippen LogP contribution < -0.4 is 16.0 Å². The molecule has 0 radical (unpaired) electrons. The van der Waals surface area contributed by atoms with Crippen molar-refractivity contribution in [3.05, 3.63) is 70.0 Å². The number of allylic oxidation sites excluding steroid dienone is 1. The number of fused-ring (bicyclic) bond motifs is 1. The molecule has 3 heterocycles. The normalized spacial score (nSPS) is 17.4. The number of aryl methyl sites for hydroxylation is 1. The Morgan fingerprint density at radius 1 is 1.39 bits per heavy atom. The molecule has 0 bridgehead atoms. The van der Waals surface area contributed by atoms with Gasteiger partial charge in [0.1, 0.15) is 11.6 Å². The van der Waals surface area contributed by atoms with Crippen LogP contribution in [0.15, 0.2) is 48.3 Å². The minimum absolute atomic E-state index is 0.0470. The van der Waals surface area contributed by atoms with Gasteiger partial charge in [-0.15, -0.1) is 0 Å². The fourth-order valence-corrected chi connectivity index (χ4v) is 3.97. The molecular formula is C23H23ClN6O. The van der Waals surface area contributed by atoms with Gasteiger partial charge in [-0.05, 0) is 48.6 Å². The van der Waals surface area contributed by atoms with E-state index in [4.69, 9.17) is 16.6 Å². The molecule has 2 aromatic heterocycles. The predicted octanol–water partition coefficient (Wildman–Crippen LogP) is 4.29. The molecule has 0 unspecified atom stereocenters. The van der Waals surface area contributed by atoms with Crippen LogP contribution in [0.1, 0.15) is 36.0 Å². The molecule has 3 N–H and O–H groups in total. The van der Waals surface area contributed by atoms with E-state index >= 15 is 0 Å². The van der Waals surface area contributed by atoms with Gasteiger partial charge in [0.2, 0.25) is 5.91 Å². The van der Waals surface area contributed by atoms with E-state index in [1.54, 1.807) is 6.20 Å². The van der Waals surface area contributed by atoms with Crippen LogP contribution in [0.25, 0.3) is 11.7 Å². The van der Waals surface area contributed by atoms with Crippen LogP contribution in [0.5, 0.6) is 0 Å². The molecule has 1 saturated heterocycles. The zero-order valence-electron chi connectivity index (χ0n) is 17.2. The highest BCUT2D eigenvalue weighted by Gasteiger charge is 2.24. The average molecular weight is 435 g/mol. The molecule has 1 amide bonds. The lowest BCUT2D eigenvalue weighted by atomic mass is 10.1. The molecule has 31 heavy (non-hydrogen) atoms. The second-order valence-corrected chi connectivity index (χ2v) is 8.45. The first-order valence-electron chi connectivity index (χ1n) is 10.3. The molecule has 3 aromatic rings. The van der Waals surface area contributed by atoms with Gasteiger partial charge in [0.05, 0.1) is 12.6 Å². The zero-order valence-corrected chi connectivity index (χ0v) is 18.0. The molecule has 2 fully saturated rings. The van der Waals surface area contributed by atoms with Crippen molar-refractivity contribution in [1.29, 1.82) is 0 Å². The smallest absolute Gasteiger partial charge is 0.228 e. The molecule has 158 valence electrons. The number of carbonyl (C=O) groups is 1. The van der Waals surface area contributed by atoms with Crippen molar-refractivity contribution in [1.82, 2.24) is 19.9 Å². The van der Waals surface area contributed by atoms with Gasteiger partial charge in [-0.3, -0.25) is 4.79 Å². The van der Waals surface area contributed by atoms with E-state index in [0.29, 0.717) is 30.4 Å². The van der Waals surface area contributed by atoms with Crippen LogP contribution in [0, 0.1) is 6.92 Å². The summed E-state index contributed by atoms with van der Waals surface area (Å²) >= 11 is 6.39. The minimum atomic E-state index is -0.0470. The summed E-state index contributed by atoms with van der Waals surface area (Å²) in [7, 11) is 0. The fourth-order valence-electron chi connectivity index (χ4n) is 3.68. The van der Waals surface area contributed by atoms with Gasteiger partial charge in [-0.1, -0.05) is 30.3 Å². The van der Waals surface area contributed by atoms with Crippen molar-refractivity contribution < 1.29 is 4.79 Å². The zero-order chi connectivity index (χ0) is 21.5. The summed E-state index contributed by atoms with van der Waals surface area (Å²) in [6, 6.07) is 8.33. The Morgan fingerprint density at radius 2 is 2.23 bits per heavy atom. The van der Waals surface area contributed by atoms with Crippen LogP contribution in [-0.4, -0.2) is 26.5 Å². The molecule has 0 spiro atoms. The first kappa shape index (κ1) is 19.6. The van der Waals surface area contributed by atoms with Crippen LogP contribution in [0.2, 0.25) is 5.02 Å². The number of rotatable bonds is 6. The topological polar surface area (TPSA) is 83.4 Å². The molecule has 8 heteroatoms. The first-order chi connectivity index (χ1) is 15.0. The Labute approximate surface area is 185 Å². The maximum absolute atomic E-state index is 11.7. The van der Waals surface area contributed by atoms with E-state index in [1.807, 2.05) is 41.8 Å². The van der Waals surface area contributed by atoms with Gasteiger partial charge in [-0.25, -0.2) is 4.98 Å². The van der Waals surface area contributed by atoms with Gasteiger partial charge >= 0.3 is 0 Å². The molecule has 5 rings (SSSR count). The Hall–Kier alpha value is -3.32. The third kappa shape index (κ3) is 4.01. The van der Waals surface area contributed by atoms with Crippen molar-refractivity contribution in [3.63, 3.8) is 0 Å². The first-order valence-corrected chi connectivity index (χ1v) is 10.7. The molecule has 2 aliphatic rings. The quantitative estimate of drug-likeness (QED) is 0.539. The van der Waals surface area contributed by atoms with Crippen LogP contribution >= 0.6 is 11.6 Å². The molecule has 7 nitrogen and oxygen atoms in total. The summed E-state index contributed by atoms with van der Waals surface area (Å²) < 4.78 is 1.81. The van der Waals surface area contributed by atoms with Gasteiger partial charge in [0.25, 0.3) is 0 Å². The number of nitrogens with zero attached hydrogens (tertiary/aromatic N) is 3. The van der Waals surface area contributed by atoms with Crippen molar-refractivity contribution in [2.24, 2.45) is 0 Å². The van der Waals surface area contributed by atoms with Crippen LogP contribution in [0.3, 0.4) is 0 Å². The second-order valence-electron chi connectivity index (χ2n) is 8.04. The van der Waals surface area contributed by atoms with E-state index in [0.717, 1.165) is 51.8 Å². The van der Waals surface area contributed by atoms with Crippen molar-refractivity contribution in [3.8, 4) is 0 Å². The highest BCUT2D eigenvalue weighted by Crippen LogP contribution is 2.29. The maximum atomic E-state index is 11.7. The molecule has 0 atom stereocenters. The number of carbonyl (C=O) groups excluding carboxylic acids is 1. The van der Waals surface area contributed by atoms with Gasteiger partial charge in [0, 0.05) is 34.9 Å². The number of amides is 1. The summed E-state index contributed by atoms with van der Waals surface area (Å²) in [5.74, 6) is 1.57. The second kappa shape index (κ2) is 7.74. The van der Waals surface area contributed by atoms with Gasteiger partial charge in [0.15, 0.2) is 5.65 Å². The summed E-state index contributed by atoms with van der Waals surface area (Å²) in [5, 5.41) is 15.0. The standard InChI is InChI=1S/C23H23ClN6O/c1-13-4-3-5-19(24)18(13)12-25-20-10-21(28-17-6-7-17)30-23(29-20)16(11-26-30)8-15-9-22(31)27-14(15)2/h3-5,8,10-11,17,28H,2,6-7,9,12H2,1H3,(H,25,29)(H,27,31)/b15-8+. The molecule has 1 saturated carbocycles. The van der Waals surface area contributed by atoms with Crippen LogP contribution in [0.4, 0.5) is 11.6 Å². The van der Waals surface area contributed by atoms with E-state index in [1.165, 1.54) is 0 Å². The number of hydrogen-bond donors (Lipinski definition) is 3. The van der Waals surface area contributed by atoms with Crippen molar-refractivity contribution >= 4 is 40.9 Å². The van der Waals surface area contributed by atoms with Crippen LogP contribution in [-0.2, 0) is 11.3 Å². The number of hydrogen-bond acceptors (Lipinski definition) is 5. The third-order valence-corrected chi connectivity index (χ3v) is 5.94. The Bertz CT molecular complexity index is 1220. The van der Waals surface area contributed by atoms with E-state index < -0.39 is 0 Å². The van der Waals surface area contributed by atoms with E-state index in [9.17, 15) is 4.79 Å². The fraction of sp³-hybridized carbons (Fsp3) is 0.261. The monoisotopic (exact) mass is 434 g/mol. The summed E-state index contributed by atoms with van der Waals surface area (Å²) in [6.07, 6.45) is 6.31. The number of benzene rings is 1. The number of aromatic nitrogens is 3. The number of anilines is 2. The molecule has 1 aromatic carbocycles. The van der Waals surface area contributed by atoms with Gasteiger partial charge < -0.3 is 16.0 Å². The summed E-state index contributed by atoms with van der Waals surface area (Å²) in [4.78, 5) is 16.5. The molecule has 1 aliphatic carbocycles. The SMILES string of the molecule is C=C1NC(=O)C/C1=C\c1cnn2c(NC3CC3)cc(NCc3c(C)cccc3Cl)nc12. The Balaban J connectivity index is 1.51. The van der Waals surface area contributed by atoms with Gasteiger partial charge in [-0.2, -0.15) is 9.61 Å². The highest BCUT2D eigenvalue weighted by atomic mass is 35.5. The summed E-state index contributed by atoms with van der Waals surface area (Å²) in [6.45, 7) is 6.54.